The van der Waals surface area contributed by atoms with Gasteiger partial charge in [-0.15, -0.1) is 0 Å². The van der Waals surface area contributed by atoms with Crippen molar-refractivity contribution < 1.29 is 0 Å². The number of nitrogens with two attached hydrogens (primary N) is 1. The molecule has 1 aromatic heterocycles. The van der Waals surface area contributed by atoms with Gasteiger partial charge in [-0.25, -0.2) is 9.83 Å². The fraction of sp³-hybridized carbons (Fsp3) is 0.391. The first-order chi connectivity index (χ1) is 13.7. The summed E-state index contributed by atoms with van der Waals surface area (Å²) in [7, 11) is 0. The highest BCUT2D eigenvalue weighted by molar-refractivity contribution is 5.79. The van der Waals surface area contributed by atoms with Crippen LogP contribution in [-0.4, -0.2) is 28.7 Å². The predicted octanol–water partition coefficient (Wildman–Crippen LogP) is 4.34. The topological polar surface area (TPSA) is 51.4 Å². The third-order valence-electron chi connectivity index (χ3n) is 6.69. The Balaban J connectivity index is 1.52. The molecule has 3 aromatic rings. The van der Waals surface area contributed by atoms with Gasteiger partial charge in [-0.1, -0.05) is 42.8 Å². The minimum atomic E-state index is 0.264. The highest BCUT2D eigenvalue weighted by Crippen LogP contribution is 2.45. The van der Waals surface area contributed by atoms with Gasteiger partial charge >= 0.3 is 0 Å². The van der Waals surface area contributed by atoms with Gasteiger partial charge in [-0.05, 0) is 37.0 Å². The summed E-state index contributed by atoms with van der Waals surface area (Å²) in [5.74, 6) is 1.05. The van der Waals surface area contributed by atoms with Crippen LogP contribution in [0, 0.1) is 12.0 Å². The van der Waals surface area contributed by atoms with Gasteiger partial charge in [-0.3, -0.25) is 0 Å². The van der Waals surface area contributed by atoms with E-state index in [4.69, 9.17) is 17.3 Å². The van der Waals surface area contributed by atoms with Crippen molar-refractivity contribution in [2.45, 2.75) is 38.3 Å². The largest absolute Gasteiger partial charge is 0.342 e. The Morgan fingerprint density at radius 1 is 1.14 bits per heavy atom. The van der Waals surface area contributed by atoms with Gasteiger partial charge < -0.3 is 15.2 Å². The lowest BCUT2D eigenvalue weighted by Gasteiger charge is -2.29. The van der Waals surface area contributed by atoms with Crippen molar-refractivity contribution in [3.05, 3.63) is 65.5 Å². The highest BCUT2D eigenvalue weighted by Gasteiger charge is 2.46. The molecule has 2 fully saturated rings. The molecular formula is C23H25N5. The van der Waals surface area contributed by atoms with Crippen LogP contribution in [0.4, 0.5) is 11.6 Å². The van der Waals surface area contributed by atoms with Gasteiger partial charge in [-0.2, -0.15) is 0 Å². The monoisotopic (exact) mass is 371 g/mol. The second kappa shape index (κ2) is 6.65. The summed E-state index contributed by atoms with van der Waals surface area (Å²) in [6, 6.07) is 16.5. The van der Waals surface area contributed by atoms with Crippen LogP contribution in [0.25, 0.3) is 15.9 Å². The molecule has 0 bridgehead atoms. The van der Waals surface area contributed by atoms with Gasteiger partial charge in [0.2, 0.25) is 5.95 Å². The second-order valence-electron chi connectivity index (χ2n) is 8.30. The quantitative estimate of drug-likeness (QED) is 0.697. The summed E-state index contributed by atoms with van der Waals surface area (Å²) in [6.45, 7) is 9.94. The maximum atomic E-state index is 7.15. The Morgan fingerprint density at radius 3 is 2.71 bits per heavy atom. The third-order valence-corrected chi connectivity index (χ3v) is 6.69. The normalized spacial score (nSPS) is 24.3. The number of benzene rings is 2. The summed E-state index contributed by atoms with van der Waals surface area (Å²) < 4.78 is 2.32. The lowest BCUT2D eigenvalue weighted by molar-refractivity contribution is 0.297. The number of para-hydroxylation sites is 2. The van der Waals surface area contributed by atoms with E-state index in [2.05, 4.69) is 32.5 Å². The van der Waals surface area contributed by atoms with E-state index in [1.54, 1.807) is 0 Å². The molecule has 0 radical (unpaired) electrons. The van der Waals surface area contributed by atoms with Crippen LogP contribution in [0.2, 0.25) is 0 Å². The van der Waals surface area contributed by atoms with Crippen LogP contribution in [0.15, 0.2) is 48.5 Å². The van der Waals surface area contributed by atoms with Crippen molar-refractivity contribution in [3.8, 4) is 0 Å². The predicted molar refractivity (Wildman–Crippen MR) is 113 cm³/mol. The molecular weight excluding hydrogens is 346 g/mol. The highest BCUT2D eigenvalue weighted by atomic mass is 15.3. The van der Waals surface area contributed by atoms with E-state index in [0.717, 1.165) is 49.5 Å². The van der Waals surface area contributed by atoms with Crippen LogP contribution >= 0.6 is 0 Å². The fourth-order valence-electron chi connectivity index (χ4n) is 5.06. The smallest absolute Gasteiger partial charge is 0.206 e. The molecule has 1 spiro atoms. The Bertz CT molecular complexity index is 1050. The molecule has 142 valence electrons. The molecule has 28 heavy (non-hydrogen) atoms. The number of rotatable bonds is 3. The van der Waals surface area contributed by atoms with Crippen molar-refractivity contribution in [1.29, 1.82) is 0 Å². The van der Waals surface area contributed by atoms with Gasteiger partial charge in [0.05, 0.1) is 24.2 Å². The summed E-state index contributed by atoms with van der Waals surface area (Å²) in [5, 5.41) is 0. The summed E-state index contributed by atoms with van der Waals surface area (Å²) >= 11 is 0. The average Bonchev–Trinajstić information content (AvgIpc) is 3.41. The van der Waals surface area contributed by atoms with Crippen molar-refractivity contribution in [1.82, 2.24) is 9.55 Å². The van der Waals surface area contributed by atoms with Gasteiger partial charge in [0.15, 0.2) is 5.69 Å². The summed E-state index contributed by atoms with van der Waals surface area (Å²) in [4.78, 5) is 10.9. The maximum Gasteiger partial charge on any atom is 0.206 e. The number of anilines is 1. The number of nitrogens with zero attached hydrogens (tertiary/aromatic N) is 4. The zero-order valence-corrected chi connectivity index (χ0v) is 16.0. The Labute approximate surface area is 165 Å². The van der Waals surface area contributed by atoms with Gasteiger partial charge in [0, 0.05) is 24.5 Å². The molecule has 1 aliphatic heterocycles. The molecule has 2 aliphatic rings. The first kappa shape index (κ1) is 17.3. The van der Waals surface area contributed by atoms with E-state index in [-0.39, 0.29) is 5.41 Å². The minimum Gasteiger partial charge on any atom is -0.342 e. The van der Waals surface area contributed by atoms with Gasteiger partial charge in [0.1, 0.15) is 0 Å². The van der Waals surface area contributed by atoms with E-state index in [9.17, 15) is 0 Å². The first-order valence-corrected chi connectivity index (χ1v) is 10.1. The number of hydrogen-bond acceptors (Lipinski definition) is 3. The number of hydrogen-bond donors (Lipinski definition) is 1. The molecule has 2 heterocycles. The molecule has 5 nitrogen and oxygen atoms in total. The zero-order valence-electron chi connectivity index (χ0n) is 16.0. The lowest BCUT2D eigenvalue weighted by atomic mass is 9.82. The average molecular weight is 371 g/mol. The molecule has 0 amide bonds. The number of imidazole rings is 1. The molecule has 2 N–H and O–H groups in total. The van der Waals surface area contributed by atoms with Gasteiger partial charge in [0.25, 0.3) is 0 Å². The molecule has 2 aromatic carbocycles. The molecule has 2 atom stereocenters. The van der Waals surface area contributed by atoms with Crippen molar-refractivity contribution in [2.75, 3.05) is 18.0 Å². The molecule has 2 unspecified atom stereocenters. The lowest BCUT2D eigenvalue weighted by Crippen LogP contribution is -2.39. The van der Waals surface area contributed by atoms with Crippen molar-refractivity contribution in [3.63, 3.8) is 0 Å². The van der Waals surface area contributed by atoms with E-state index in [1.807, 2.05) is 30.3 Å². The van der Waals surface area contributed by atoms with E-state index < -0.39 is 0 Å². The van der Waals surface area contributed by atoms with Crippen molar-refractivity contribution >= 4 is 22.7 Å². The van der Waals surface area contributed by atoms with Crippen LogP contribution in [0.5, 0.6) is 0 Å². The van der Waals surface area contributed by atoms with E-state index >= 15 is 0 Å². The Morgan fingerprint density at radius 2 is 1.96 bits per heavy atom. The molecule has 5 heteroatoms. The summed E-state index contributed by atoms with van der Waals surface area (Å²) in [5.41, 5.74) is 10.8. The first-order valence-electron chi connectivity index (χ1n) is 10.1. The number of fused-ring (bicyclic) bond motifs is 1. The minimum absolute atomic E-state index is 0.264. The van der Waals surface area contributed by atoms with Crippen LogP contribution in [0.1, 0.15) is 31.2 Å². The Hall–Kier alpha value is -2.84. The molecule has 1 aliphatic carbocycles. The zero-order chi connectivity index (χ0) is 19.1. The molecule has 1 saturated carbocycles. The standard InChI is InChI=1S/C23H25N5/c1-25-18-10-8-17(9-11-18)15-28-20-6-3-2-5-19(20)26-22(28)27-14-13-23(16-27)12-4-7-21(23)24/h2-3,5-6,8-11,21H,4,7,12-16,24H2. The van der Waals surface area contributed by atoms with Crippen molar-refractivity contribution in [2.24, 2.45) is 11.1 Å². The second-order valence-corrected chi connectivity index (χ2v) is 8.30. The fourth-order valence-corrected chi connectivity index (χ4v) is 5.06. The van der Waals surface area contributed by atoms with E-state index in [1.165, 1.54) is 18.4 Å². The number of aromatic nitrogens is 2. The van der Waals surface area contributed by atoms with Crippen LogP contribution in [0.3, 0.4) is 0 Å². The molecule has 1 saturated heterocycles. The SMILES string of the molecule is [C-]#[N+]c1ccc(Cn2c(N3CCC4(CCCC4N)C3)nc3ccccc32)cc1. The molecule has 5 rings (SSSR count). The Kier molecular flexibility index (Phi) is 4.10. The van der Waals surface area contributed by atoms with Crippen LogP contribution in [-0.2, 0) is 6.54 Å². The van der Waals surface area contributed by atoms with Crippen LogP contribution < -0.4 is 10.6 Å². The van der Waals surface area contributed by atoms with E-state index in [0.29, 0.717) is 11.7 Å². The third kappa shape index (κ3) is 2.76. The summed E-state index contributed by atoms with van der Waals surface area (Å²) in [6.07, 6.45) is 4.80. The maximum absolute atomic E-state index is 7.15.